The number of hydrogen-bond acceptors (Lipinski definition) is 3. The third kappa shape index (κ3) is 2.55. The number of carbonyl (C=O) groups is 1. The fraction of sp³-hybridized carbons (Fsp3) is 0.333. The van der Waals surface area contributed by atoms with Crippen molar-refractivity contribution < 1.29 is 4.79 Å². The zero-order valence-electron chi connectivity index (χ0n) is 10.2. The lowest BCUT2D eigenvalue weighted by Gasteiger charge is -2.05. The van der Waals surface area contributed by atoms with Crippen LogP contribution in [-0.2, 0) is 13.6 Å². The van der Waals surface area contributed by atoms with Crippen LogP contribution in [0.4, 0.5) is 0 Å². The molecule has 0 aliphatic carbocycles. The quantitative estimate of drug-likeness (QED) is 0.904. The van der Waals surface area contributed by atoms with Crippen LogP contribution in [0, 0.1) is 13.8 Å². The van der Waals surface area contributed by atoms with Gasteiger partial charge in [0.15, 0.2) is 0 Å². The number of hydrogen-bond donors (Lipinski definition) is 1. The third-order valence-corrected chi connectivity index (χ3v) is 3.49. The van der Waals surface area contributed by atoms with Gasteiger partial charge in [-0.2, -0.15) is 0 Å². The Hall–Kier alpha value is -1.62. The second kappa shape index (κ2) is 4.71. The van der Waals surface area contributed by atoms with Crippen molar-refractivity contribution in [3.63, 3.8) is 0 Å². The molecule has 0 saturated heterocycles. The fourth-order valence-corrected chi connectivity index (χ4v) is 2.49. The number of aryl methyl sites for hydroxylation is 3. The average Bonchev–Trinajstić information content (AvgIpc) is 2.81. The van der Waals surface area contributed by atoms with Crippen LogP contribution in [0.2, 0.25) is 0 Å². The molecule has 4 nitrogen and oxygen atoms in total. The molecule has 2 aromatic heterocycles. The summed E-state index contributed by atoms with van der Waals surface area (Å²) in [4.78, 5) is 17.1. The van der Waals surface area contributed by atoms with E-state index in [4.69, 9.17) is 0 Å². The predicted octanol–water partition coefficient (Wildman–Crippen LogP) is 2.03. The summed E-state index contributed by atoms with van der Waals surface area (Å²) in [6.45, 7) is 4.35. The average molecular weight is 249 g/mol. The van der Waals surface area contributed by atoms with Crippen molar-refractivity contribution in [1.82, 2.24) is 14.9 Å². The number of rotatable bonds is 3. The lowest BCUT2D eigenvalue weighted by atomic mass is 10.3. The van der Waals surface area contributed by atoms with Gasteiger partial charge in [0.1, 0.15) is 5.69 Å². The summed E-state index contributed by atoms with van der Waals surface area (Å²) in [7, 11) is 1.96. The Balaban J connectivity index is 2.03. The van der Waals surface area contributed by atoms with Crippen molar-refractivity contribution in [2.24, 2.45) is 7.05 Å². The van der Waals surface area contributed by atoms with Crippen molar-refractivity contribution in [1.29, 1.82) is 0 Å². The van der Waals surface area contributed by atoms with Crippen molar-refractivity contribution >= 4 is 17.2 Å². The van der Waals surface area contributed by atoms with Crippen molar-refractivity contribution in [3.05, 3.63) is 39.6 Å². The zero-order chi connectivity index (χ0) is 12.4. The molecule has 2 rings (SSSR count). The summed E-state index contributed by atoms with van der Waals surface area (Å²) >= 11 is 1.55. The Bertz CT molecular complexity index is 542. The molecule has 1 amide bonds. The molecule has 0 aliphatic rings. The minimum Gasteiger partial charge on any atom is -0.353 e. The monoisotopic (exact) mass is 249 g/mol. The smallest absolute Gasteiger partial charge is 0.271 e. The number of nitrogens with zero attached hydrogens (tertiary/aromatic N) is 2. The summed E-state index contributed by atoms with van der Waals surface area (Å²) < 4.78 is 1.99. The van der Waals surface area contributed by atoms with Crippen LogP contribution in [0.15, 0.2) is 18.3 Å². The second-order valence-electron chi connectivity index (χ2n) is 3.93. The number of thiazole rings is 1. The van der Waals surface area contributed by atoms with Gasteiger partial charge in [0.2, 0.25) is 0 Å². The van der Waals surface area contributed by atoms with Gasteiger partial charge >= 0.3 is 0 Å². The van der Waals surface area contributed by atoms with Crippen LogP contribution in [0.3, 0.4) is 0 Å². The van der Waals surface area contributed by atoms with Crippen LogP contribution < -0.4 is 5.32 Å². The maximum atomic E-state index is 11.9. The predicted molar refractivity (Wildman–Crippen MR) is 68.2 cm³/mol. The molecule has 0 bridgehead atoms. The van der Waals surface area contributed by atoms with Crippen molar-refractivity contribution in [3.8, 4) is 0 Å². The van der Waals surface area contributed by atoms with E-state index in [1.54, 1.807) is 11.3 Å². The first kappa shape index (κ1) is 11.9. The van der Waals surface area contributed by atoms with Gasteiger partial charge in [-0.05, 0) is 26.0 Å². The Morgan fingerprint density at radius 2 is 2.29 bits per heavy atom. The zero-order valence-corrected chi connectivity index (χ0v) is 11.0. The molecule has 0 radical (unpaired) electrons. The lowest BCUT2D eigenvalue weighted by Crippen LogP contribution is -2.24. The molecule has 0 aromatic carbocycles. The molecule has 2 heterocycles. The second-order valence-corrected chi connectivity index (χ2v) is 5.34. The Kier molecular flexibility index (Phi) is 3.28. The molecule has 0 fully saturated rings. The third-order valence-electron chi connectivity index (χ3n) is 2.60. The van der Waals surface area contributed by atoms with Gasteiger partial charge in [-0.1, -0.05) is 0 Å². The minimum absolute atomic E-state index is 0.104. The molecule has 0 atom stereocenters. The van der Waals surface area contributed by atoms with E-state index in [0.717, 1.165) is 15.6 Å². The fourth-order valence-electron chi connectivity index (χ4n) is 1.67. The summed E-state index contributed by atoms with van der Waals surface area (Å²) in [5.41, 5.74) is 1.62. The molecule has 90 valence electrons. The van der Waals surface area contributed by atoms with E-state index in [2.05, 4.69) is 10.3 Å². The number of nitrogens with one attached hydrogen (secondary N) is 1. The summed E-state index contributed by atoms with van der Waals surface area (Å²) in [6, 6.07) is 3.94. The first-order chi connectivity index (χ1) is 8.08. The molecule has 0 saturated carbocycles. The van der Waals surface area contributed by atoms with Crippen LogP contribution >= 0.6 is 11.3 Å². The largest absolute Gasteiger partial charge is 0.353 e. The Morgan fingerprint density at radius 1 is 1.53 bits per heavy atom. The highest BCUT2D eigenvalue weighted by molar-refractivity contribution is 7.11. The van der Waals surface area contributed by atoms with E-state index in [1.807, 2.05) is 43.8 Å². The van der Waals surface area contributed by atoms with E-state index >= 15 is 0 Å². The summed E-state index contributed by atoms with van der Waals surface area (Å²) in [5.74, 6) is -0.104. The molecule has 0 unspecified atom stereocenters. The molecule has 1 N–H and O–H groups in total. The van der Waals surface area contributed by atoms with Gasteiger partial charge in [0, 0.05) is 23.8 Å². The normalized spacial score (nSPS) is 10.5. The molecule has 5 heteroatoms. The maximum Gasteiger partial charge on any atom is 0.271 e. The maximum absolute atomic E-state index is 11.9. The number of carbonyl (C=O) groups excluding carboxylic acids is 1. The molecule has 17 heavy (non-hydrogen) atoms. The van der Waals surface area contributed by atoms with Crippen LogP contribution in [0.1, 0.15) is 26.1 Å². The van der Waals surface area contributed by atoms with Crippen molar-refractivity contribution in [2.45, 2.75) is 20.4 Å². The summed E-state index contributed by atoms with van der Waals surface area (Å²) in [5, 5.41) is 3.80. The lowest BCUT2D eigenvalue weighted by molar-refractivity contribution is 0.0945. The molecule has 0 spiro atoms. The van der Waals surface area contributed by atoms with Crippen LogP contribution in [-0.4, -0.2) is 15.5 Å². The Morgan fingerprint density at radius 3 is 2.82 bits per heavy atom. The van der Waals surface area contributed by atoms with Gasteiger partial charge in [-0.25, -0.2) is 4.98 Å². The van der Waals surface area contributed by atoms with E-state index in [1.165, 1.54) is 0 Å². The summed E-state index contributed by atoms with van der Waals surface area (Å²) in [6.07, 6.45) is 1.96. The highest BCUT2D eigenvalue weighted by Gasteiger charge is 2.13. The minimum atomic E-state index is -0.104. The van der Waals surface area contributed by atoms with E-state index < -0.39 is 0 Å². The van der Waals surface area contributed by atoms with Gasteiger partial charge in [-0.3, -0.25) is 4.79 Å². The first-order valence-electron chi connectivity index (χ1n) is 5.40. The highest BCUT2D eigenvalue weighted by atomic mass is 32.1. The van der Waals surface area contributed by atoms with E-state index in [9.17, 15) is 4.79 Å². The molecular weight excluding hydrogens is 234 g/mol. The molecular formula is C12H15N3OS. The van der Waals surface area contributed by atoms with Gasteiger partial charge < -0.3 is 9.88 Å². The van der Waals surface area contributed by atoms with Crippen molar-refractivity contribution in [2.75, 3.05) is 0 Å². The number of aromatic nitrogens is 2. The molecule has 2 aromatic rings. The van der Waals surface area contributed by atoms with Gasteiger partial charge in [-0.15, -0.1) is 11.3 Å². The van der Waals surface area contributed by atoms with E-state index in [-0.39, 0.29) is 5.91 Å². The van der Waals surface area contributed by atoms with E-state index in [0.29, 0.717) is 12.2 Å². The Labute approximate surface area is 104 Å². The standard InChI is InChI=1S/C12H15N3OS/c1-8-11(14-9(2)17-8)12(16)13-7-10-5-4-6-15(10)3/h4-6H,7H2,1-3H3,(H,13,16). The first-order valence-corrected chi connectivity index (χ1v) is 6.22. The topological polar surface area (TPSA) is 46.9 Å². The van der Waals surface area contributed by atoms with Gasteiger partial charge in [0.05, 0.1) is 11.6 Å². The highest BCUT2D eigenvalue weighted by Crippen LogP contribution is 2.16. The van der Waals surface area contributed by atoms with Crippen LogP contribution in [0.25, 0.3) is 0 Å². The molecule has 0 aliphatic heterocycles. The van der Waals surface area contributed by atoms with Gasteiger partial charge in [0.25, 0.3) is 5.91 Å². The SMILES string of the molecule is Cc1nc(C(=O)NCc2cccn2C)c(C)s1. The van der Waals surface area contributed by atoms with Crippen LogP contribution in [0.5, 0.6) is 0 Å². The number of amides is 1.